The van der Waals surface area contributed by atoms with Crippen LogP contribution in [0.2, 0.25) is 0 Å². The van der Waals surface area contributed by atoms with Crippen LogP contribution in [0.15, 0.2) is 28.2 Å². The number of nitrogens with zero attached hydrogens (tertiary/aromatic N) is 1. The van der Waals surface area contributed by atoms with E-state index in [2.05, 4.69) is 10.5 Å². The molecule has 6 heteroatoms. The van der Waals surface area contributed by atoms with Crippen molar-refractivity contribution in [3.63, 3.8) is 0 Å². The normalized spacial score (nSPS) is 10.1. The third-order valence-corrected chi connectivity index (χ3v) is 2.75. The molecule has 0 bridgehead atoms. The molecule has 0 aliphatic heterocycles. The number of nitrogen functional groups attached to an aromatic ring is 1. The molecule has 1 amide bonds. The first-order valence-corrected chi connectivity index (χ1v) is 5.16. The maximum atomic E-state index is 11.6. The molecule has 0 aliphatic carbocycles. The van der Waals surface area contributed by atoms with E-state index in [-0.39, 0.29) is 5.91 Å². The number of carbonyl (C=O) groups excluding carboxylic acids is 1. The summed E-state index contributed by atoms with van der Waals surface area (Å²) in [5.41, 5.74) is 6.10. The first-order valence-electron chi connectivity index (χ1n) is 4.28. The summed E-state index contributed by atoms with van der Waals surface area (Å²) < 4.78 is 4.84. The Balaban J connectivity index is 1.96. The van der Waals surface area contributed by atoms with Crippen LogP contribution in [-0.4, -0.2) is 11.1 Å². The van der Waals surface area contributed by atoms with Crippen LogP contribution in [0, 0.1) is 0 Å². The van der Waals surface area contributed by atoms with Crippen LogP contribution in [0.3, 0.4) is 0 Å². The van der Waals surface area contributed by atoms with Crippen LogP contribution in [0.4, 0.5) is 5.69 Å². The number of nitrogens with one attached hydrogen (secondary N) is 1. The van der Waals surface area contributed by atoms with Crippen LogP contribution in [0.1, 0.15) is 15.4 Å². The van der Waals surface area contributed by atoms with Gasteiger partial charge in [0.2, 0.25) is 0 Å². The Labute approximate surface area is 89.9 Å². The minimum Gasteiger partial charge on any atom is -0.397 e. The summed E-state index contributed by atoms with van der Waals surface area (Å²) in [6, 6.07) is 3.39. The van der Waals surface area contributed by atoms with Crippen molar-refractivity contribution in [2.45, 2.75) is 6.54 Å². The second-order valence-electron chi connectivity index (χ2n) is 2.87. The molecule has 15 heavy (non-hydrogen) atoms. The highest BCUT2D eigenvalue weighted by Crippen LogP contribution is 2.18. The number of aromatic nitrogens is 1. The molecule has 2 heterocycles. The SMILES string of the molecule is Nc1ccsc1C(=O)NCc1ccno1. The number of amides is 1. The predicted octanol–water partition coefficient (Wildman–Crippen LogP) is 1.25. The molecule has 2 rings (SSSR count). The lowest BCUT2D eigenvalue weighted by Crippen LogP contribution is -2.22. The monoisotopic (exact) mass is 223 g/mol. The zero-order chi connectivity index (χ0) is 10.7. The molecule has 5 nitrogen and oxygen atoms in total. The third-order valence-electron chi connectivity index (χ3n) is 1.82. The zero-order valence-corrected chi connectivity index (χ0v) is 8.58. The van der Waals surface area contributed by atoms with Gasteiger partial charge in [-0.3, -0.25) is 4.79 Å². The van der Waals surface area contributed by atoms with Gasteiger partial charge in [-0.1, -0.05) is 5.16 Å². The van der Waals surface area contributed by atoms with E-state index in [1.165, 1.54) is 17.5 Å². The van der Waals surface area contributed by atoms with Gasteiger partial charge in [-0.25, -0.2) is 0 Å². The number of thiophene rings is 1. The summed E-state index contributed by atoms with van der Waals surface area (Å²) in [6.45, 7) is 0.316. The molecule has 78 valence electrons. The number of carbonyl (C=O) groups is 1. The number of rotatable bonds is 3. The minimum atomic E-state index is -0.195. The van der Waals surface area contributed by atoms with E-state index in [0.717, 1.165) is 0 Å². The first-order chi connectivity index (χ1) is 7.27. The molecular formula is C9H9N3O2S. The summed E-state index contributed by atoms with van der Waals surface area (Å²) in [7, 11) is 0. The van der Waals surface area contributed by atoms with Crippen molar-refractivity contribution in [1.29, 1.82) is 0 Å². The lowest BCUT2D eigenvalue weighted by molar-refractivity contribution is 0.0952. The molecular weight excluding hydrogens is 214 g/mol. The summed E-state index contributed by atoms with van der Waals surface area (Å²) >= 11 is 1.31. The van der Waals surface area contributed by atoms with Gasteiger partial charge in [-0.2, -0.15) is 0 Å². The van der Waals surface area contributed by atoms with Gasteiger partial charge < -0.3 is 15.6 Å². The van der Waals surface area contributed by atoms with Crippen molar-refractivity contribution >= 4 is 22.9 Å². The number of hydrogen-bond donors (Lipinski definition) is 2. The average molecular weight is 223 g/mol. The van der Waals surface area contributed by atoms with Gasteiger partial charge in [0, 0.05) is 6.07 Å². The van der Waals surface area contributed by atoms with Gasteiger partial charge >= 0.3 is 0 Å². The van der Waals surface area contributed by atoms with Crippen molar-refractivity contribution < 1.29 is 9.32 Å². The predicted molar refractivity (Wildman–Crippen MR) is 56.4 cm³/mol. The van der Waals surface area contributed by atoms with Gasteiger partial charge in [0.1, 0.15) is 4.88 Å². The van der Waals surface area contributed by atoms with Crippen LogP contribution in [0.5, 0.6) is 0 Å². The van der Waals surface area contributed by atoms with E-state index >= 15 is 0 Å². The Hall–Kier alpha value is -1.82. The summed E-state index contributed by atoms with van der Waals surface area (Å²) in [5.74, 6) is 0.414. The standard InChI is InChI=1S/C9H9N3O2S/c10-7-2-4-15-8(7)9(13)11-5-6-1-3-12-14-6/h1-4H,5,10H2,(H,11,13). The summed E-state index contributed by atoms with van der Waals surface area (Å²) in [5, 5.41) is 7.99. The maximum absolute atomic E-state index is 11.6. The maximum Gasteiger partial charge on any atom is 0.263 e. The summed E-state index contributed by atoms with van der Waals surface area (Å²) in [4.78, 5) is 12.1. The van der Waals surface area contributed by atoms with E-state index < -0.39 is 0 Å². The van der Waals surface area contributed by atoms with Crippen molar-refractivity contribution in [3.8, 4) is 0 Å². The highest BCUT2D eigenvalue weighted by molar-refractivity contribution is 7.12. The number of nitrogens with two attached hydrogens (primary N) is 1. The Morgan fingerprint density at radius 3 is 3.07 bits per heavy atom. The fourth-order valence-electron chi connectivity index (χ4n) is 1.08. The Morgan fingerprint density at radius 2 is 2.47 bits per heavy atom. The molecule has 0 fully saturated rings. The average Bonchev–Trinajstić information content (AvgIpc) is 2.84. The van der Waals surface area contributed by atoms with Gasteiger partial charge in [-0.15, -0.1) is 11.3 Å². The molecule has 0 saturated heterocycles. The van der Waals surface area contributed by atoms with E-state index in [1.807, 2.05) is 0 Å². The fourth-order valence-corrected chi connectivity index (χ4v) is 1.82. The largest absolute Gasteiger partial charge is 0.397 e. The molecule has 0 saturated carbocycles. The molecule has 0 aromatic carbocycles. The minimum absolute atomic E-state index is 0.195. The van der Waals surface area contributed by atoms with Gasteiger partial charge in [0.15, 0.2) is 5.76 Å². The van der Waals surface area contributed by atoms with Crippen molar-refractivity contribution in [2.24, 2.45) is 0 Å². The lowest BCUT2D eigenvalue weighted by atomic mass is 10.3. The van der Waals surface area contributed by atoms with Gasteiger partial charge in [0.05, 0.1) is 18.4 Å². The second-order valence-corrected chi connectivity index (χ2v) is 3.78. The molecule has 2 aromatic heterocycles. The van der Waals surface area contributed by atoms with Crippen molar-refractivity contribution in [3.05, 3.63) is 34.3 Å². The molecule has 0 spiro atoms. The van der Waals surface area contributed by atoms with Crippen molar-refractivity contribution in [2.75, 3.05) is 5.73 Å². The van der Waals surface area contributed by atoms with Crippen LogP contribution in [0.25, 0.3) is 0 Å². The Bertz CT molecular complexity index is 450. The topological polar surface area (TPSA) is 81.2 Å². The number of hydrogen-bond acceptors (Lipinski definition) is 5. The van der Waals surface area contributed by atoms with E-state index in [4.69, 9.17) is 10.3 Å². The fraction of sp³-hybridized carbons (Fsp3) is 0.111. The molecule has 0 aliphatic rings. The smallest absolute Gasteiger partial charge is 0.263 e. The highest BCUT2D eigenvalue weighted by atomic mass is 32.1. The van der Waals surface area contributed by atoms with Crippen LogP contribution >= 0.6 is 11.3 Å². The second kappa shape index (κ2) is 4.14. The van der Waals surface area contributed by atoms with Gasteiger partial charge in [-0.05, 0) is 11.4 Å². The Kier molecular flexibility index (Phi) is 2.68. The van der Waals surface area contributed by atoms with E-state index in [1.54, 1.807) is 17.5 Å². The van der Waals surface area contributed by atoms with E-state index in [0.29, 0.717) is 22.9 Å². The van der Waals surface area contributed by atoms with Crippen molar-refractivity contribution in [1.82, 2.24) is 10.5 Å². The molecule has 0 unspecified atom stereocenters. The summed E-state index contributed by atoms with van der Waals surface area (Å²) in [6.07, 6.45) is 1.53. The first kappa shape index (κ1) is 9.72. The zero-order valence-electron chi connectivity index (χ0n) is 7.77. The lowest BCUT2D eigenvalue weighted by Gasteiger charge is -2.00. The highest BCUT2D eigenvalue weighted by Gasteiger charge is 2.10. The number of anilines is 1. The van der Waals surface area contributed by atoms with Crippen LogP contribution < -0.4 is 11.1 Å². The Morgan fingerprint density at radius 1 is 1.60 bits per heavy atom. The molecule has 2 aromatic rings. The molecule has 3 N–H and O–H groups in total. The van der Waals surface area contributed by atoms with E-state index in [9.17, 15) is 4.79 Å². The third kappa shape index (κ3) is 2.16. The quantitative estimate of drug-likeness (QED) is 0.820. The van der Waals surface area contributed by atoms with Crippen LogP contribution in [-0.2, 0) is 6.54 Å². The molecule has 0 radical (unpaired) electrons. The van der Waals surface area contributed by atoms with Gasteiger partial charge in [0.25, 0.3) is 5.91 Å². The molecule has 0 atom stereocenters.